The summed E-state index contributed by atoms with van der Waals surface area (Å²) in [5.74, 6) is 0. The molecule has 0 aliphatic carbocycles. The average Bonchev–Trinajstić information content (AvgIpc) is 2.34. The Bertz CT molecular complexity index is 194. The molecule has 1 aliphatic heterocycles. The molecular weight excluding hydrogens is 208 g/mol. The molecule has 1 saturated heterocycles. The second-order valence-corrected chi connectivity index (χ2v) is 2.70. The zero-order chi connectivity index (χ0) is 10.7. The SMILES string of the molecule is O=C1N(CN(F)F)CCN1CN(F)F. The number of urea groups is 1. The Morgan fingerprint density at radius 1 is 1.00 bits per heavy atom. The van der Waals surface area contributed by atoms with Gasteiger partial charge in [0.2, 0.25) is 0 Å². The molecule has 2 amide bonds. The van der Waals surface area contributed by atoms with Crippen molar-refractivity contribution in [1.29, 1.82) is 0 Å². The second-order valence-electron chi connectivity index (χ2n) is 2.70. The highest BCUT2D eigenvalue weighted by atomic mass is 19.4. The van der Waals surface area contributed by atoms with E-state index in [0.29, 0.717) is 0 Å². The summed E-state index contributed by atoms with van der Waals surface area (Å²) in [7, 11) is 0. The minimum atomic E-state index is -1.18. The summed E-state index contributed by atoms with van der Waals surface area (Å²) in [5.41, 5.74) is 0. The second kappa shape index (κ2) is 4.42. The van der Waals surface area contributed by atoms with E-state index >= 15 is 0 Å². The molecule has 1 aliphatic rings. The van der Waals surface area contributed by atoms with Gasteiger partial charge in [-0.3, -0.25) is 0 Å². The standard InChI is InChI=1S/C5H8F4N4O/c6-12(7)3-10-1-2-11(5(10)14)4-13(8)9/h1-4H2. The molecule has 0 atom stereocenters. The lowest BCUT2D eigenvalue weighted by molar-refractivity contribution is -0.177. The largest absolute Gasteiger partial charge is 0.322 e. The number of hydrogen-bond donors (Lipinski definition) is 0. The third-order valence-electron chi connectivity index (χ3n) is 1.74. The van der Waals surface area contributed by atoms with E-state index in [1.165, 1.54) is 0 Å². The van der Waals surface area contributed by atoms with Gasteiger partial charge in [-0.15, -0.1) is 0 Å². The Kier molecular flexibility index (Phi) is 3.47. The van der Waals surface area contributed by atoms with Crippen LogP contribution < -0.4 is 0 Å². The maximum absolute atomic E-state index is 11.7. The van der Waals surface area contributed by atoms with Crippen molar-refractivity contribution in [3.8, 4) is 0 Å². The highest BCUT2D eigenvalue weighted by Gasteiger charge is 2.31. The quantitative estimate of drug-likeness (QED) is 0.514. The molecule has 14 heavy (non-hydrogen) atoms. The molecule has 1 fully saturated rings. The Balaban J connectivity index is 2.43. The van der Waals surface area contributed by atoms with E-state index in [-0.39, 0.29) is 13.1 Å². The van der Waals surface area contributed by atoms with Crippen LogP contribution in [0.2, 0.25) is 0 Å². The van der Waals surface area contributed by atoms with Crippen molar-refractivity contribution < 1.29 is 22.7 Å². The van der Waals surface area contributed by atoms with Crippen LogP contribution in [0.5, 0.6) is 0 Å². The van der Waals surface area contributed by atoms with Gasteiger partial charge in [-0.1, -0.05) is 17.9 Å². The van der Waals surface area contributed by atoms with Crippen LogP contribution >= 0.6 is 0 Å². The van der Waals surface area contributed by atoms with Crippen LogP contribution in [0.4, 0.5) is 22.7 Å². The Morgan fingerprint density at radius 2 is 1.36 bits per heavy atom. The van der Waals surface area contributed by atoms with Gasteiger partial charge < -0.3 is 9.80 Å². The minimum Gasteiger partial charge on any atom is -0.304 e. The highest BCUT2D eigenvalue weighted by molar-refractivity contribution is 5.76. The van der Waals surface area contributed by atoms with E-state index in [2.05, 4.69) is 0 Å². The number of amides is 2. The molecule has 0 saturated carbocycles. The van der Waals surface area contributed by atoms with Crippen molar-refractivity contribution in [3.05, 3.63) is 0 Å². The van der Waals surface area contributed by atoms with E-state index in [9.17, 15) is 22.7 Å². The predicted octanol–water partition coefficient (Wildman–Crippen LogP) is 0.781. The van der Waals surface area contributed by atoms with E-state index < -0.39 is 30.1 Å². The van der Waals surface area contributed by atoms with Crippen LogP contribution in [0.25, 0.3) is 0 Å². The van der Waals surface area contributed by atoms with Crippen molar-refractivity contribution in [3.63, 3.8) is 0 Å². The maximum Gasteiger partial charge on any atom is 0.322 e. The van der Waals surface area contributed by atoms with E-state index in [0.717, 1.165) is 9.80 Å². The summed E-state index contributed by atoms with van der Waals surface area (Å²) in [6, 6.07) is -0.814. The fraction of sp³-hybridized carbons (Fsp3) is 0.800. The van der Waals surface area contributed by atoms with Crippen LogP contribution in [-0.2, 0) is 0 Å². The molecule has 0 aromatic rings. The summed E-state index contributed by atoms with van der Waals surface area (Å²) in [6.45, 7) is -1.68. The fourth-order valence-corrected chi connectivity index (χ4v) is 1.15. The normalized spacial score (nSPS) is 17.7. The molecule has 82 valence electrons. The van der Waals surface area contributed by atoms with Gasteiger partial charge in [0.15, 0.2) is 0 Å². The molecule has 0 aromatic heterocycles. The lowest BCUT2D eigenvalue weighted by Gasteiger charge is -2.17. The van der Waals surface area contributed by atoms with Gasteiger partial charge in [0.05, 0.1) is 0 Å². The van der Waals surface area contributed by atoms with Crippen LogP contribution in [0.1, 0.15) is 0 Å². The summed E-state index contributed by atoms with van der Waals surface area (Å²) in [5, 5.41) is -2.35. The Labute approximate surface area is 76.8 Å². The number of hydrogen-bond acceptors (Lipinski definition) is 3. The zero-order valence-electron chi connectivity index (χ0n) is 7.04. The molecule has 1 heterocycles. The summed E-state index contributed by atoms with van der Waals surface area (Å²) < 4.78 is 46.8. The monoisotopic (exact) mass is 216 g/mol. The van der Waals surface area contributed by atoms with Gasteiger partial charge in [0, 0.05) is 23.8 Å². The number of carbonyl (C=O) groups excluding carboxylic acids is 1. The van der Waals surface area contributed by atoms with Gasteiger partial charge in [0.1, 0.15) is 13.3 Å². The maximum atomic E-state index is 11.7. The van der Waals surface area contributed by atoms with Gasteiger partial charge in [0.25, 0.3) is 0 Å². The van der Waals surface area contributed by atoms with Gasteiger partial charge in [-0.2, -0.15) is 0 Å². The highest BCUT2D eigenvalue weighted by Crippen LogP contribution is 2.10. The fourth-order valence-electron chi connectivity index (χ4n) is 1.15. The number of halogens is 4. The summed E-state index contributed by atoms with van der Waals surface area (Å²) in [6.07, 6.45) is 0. The van der Waals surface area contributed by atoms with Gasteiger partial charge in [-0.05, 0) is 0 Å². The van der Waals surface area contributed by atoms with E-state index in [1.807, 2.05) is 0 Å². The van der Waals surface area contributed by atoms with Crippen LogP contribution in [-0.4, -0.2) is 52.9 Å². The van der Waals surface area contributed by atoms with Crippen LogP contribution in [0.3, 0.4) is 0 Å². The molecule has 0 N–H and O–H groups in total. The Hall–Kier alpha value is -1.09. The smallest absolute Gasteiger partial charge is 0.304 e. The molecule has 0 bridgehead atoms. The third kappa shape index (κ3) is 2.70. The average molecular weight is 216 g/mol. The predicted molar refractivity (Wildman–Crippen MR) is 36.7 cm³/mol. The van der Waals surface area contributed by atoms with Crippen molar-refractivity contribution in [2.45, 2.75) is 0 Å². The van der Waals surface area contributed by atoms with Gasteiger partial charge in [-0.25, -0.2) is 4.79 Å². The summed E-state index contributed by atoms with van der Waals surface area (Å²) in [4.78, 5) is 12.7. The van der Waals surface area contributed by atoms with Crippen LogP contribution in [0, 0.1) is 0 Å². The molecular formula is C5H8F4N4O. The van der Waals surface area contributed by atoms with Crippen molar-refractivity contribution in [2.24, 2.45) is 0 Å². The first-order valence-electron chi connectivity index (χ1n) is 3.72. The lowest BCUT2D eigenvalue weighted by Crippen LogP contribution is -2.37. The molecule has 1 rings (SSSR count). The molecule has 0 radical (unpaired) electrons. The van der Waals surface area contributed by atoms with E-state index in [1.54, 1.807) is 0 Å². The first-order chi connectivity index (χ1) is 6.50. The number of nitrogens with zero attached hydrogens (tertiary/aromatic N) is 4. The van der Waals surface area contributed by atoms with Gasteiger partial charge >= 0.3 is 6.03 Å². The van der Waals surface area contributed by atoms with Crippen molar-refractivity contribution >= 4 is 6.03 Å². The molecule has 9 heteroatoms. The topological polar surface area (TPSA) is 30.0 Å². The first-order valence-corrected chi connectivity index (χ1v) is 3.72. The molecule has 0 spiro atoms. The molecule has 0 aromatic carbocycles. The molecule has 5 nitrogen and oxygen atoms in total. The Morgan fingerprint density at radius 3 is 1.64 bits per heavy atom. The zero-order valence-corrected chi connectivity index (χ0v) is 7.04. The third-order valence-corrected chi connectivity index (χ3v) is 1.74. The lowest BCUT2D eigenvalue weighted by atomic mass is 10.6. The van der Waals surface area contributed by atoms with Crippen molar-refractivity contribution in [1.82, 2.24) is 20.5 Å². The number of carbonyl (C=O) groups is 1. The van der Waals surface area contributed by atoms with E-state index in [4.69, 9.17) is 0 Å². The summed E-state index contributed by atoms with van der Waals surface area (Å²) >= 11 is 0. The van der Waals surface area contributed by atoms with Crippen molar-refractivity contribution in [2.75, 3.05) is 26.4 Å². The van der Waals surface area contributed by atoms with Crippen LogP contribution in [0.15, 0.2) is 0 Å². The molecule has 0 unspecified atom stereocenters. The number of rotatable bonds is 4. The minimum absolute atomic E-state index is 0.0248. The first kappa shape index (κ1) is 11.0.